The molecule has 0 radical (unpaired) electrons. The Morgan fingerprint density at radius 1 is 1.33 bits per heavy atom. The van der Waals surface area contributed by atoms with Gasteiger partial charge in [-0.3, -0.25) is 4.84 Å². The topological polar surface area (TPSA) is 35.2 Å². The van der Waals surface area contributed by atoms with E-state index in [1.54, 1.807) is 0 Å². The number of nitrogens with two attached hydrogens (primary N) is 1. The third-order valence-corrected chi connectivity index (χ3v) is 2.31. The van der Waals surface area contributed by atoms with Gasteiger partial charge in [-0.05, 0) is 29.9 Å². The molecule has 0 atom stereocenters. The lowest BCUT2D eigenvalue weighted by atomic mass is 10.0. The lowest BCUT2D eigenvalue weighted by Gasteiger charge is -2.05. The summed E-state index contributed by atoms with van der Waals surface area (Å²) in [4.78, 5) is 4.65. The van der Waals surface area contributed by atoms with Crippen LogP contribution >= 0.6 is 0 Å². The zero-order chi connectivity index (χ0) is 8.39. The van der Waals surface area contributed by atoms with Crippen LogP contribution < -0.4 is 5.90 Å². The Morgan fingerprint density at radius 3 is 2.75 bits per heavy atom. The van der Waals surface area contributed by atoms with Gasteiger partial charge in [0.05, 0.1) is 6.61 Å². The van der Waals surface area contributed by atoms with Gasteiger partial charge < -0.3 is 0 Å². The van der Waals surface area contributed by atoms with Gasteiger partial charge in [0.2, 0.25) is 0 Å². The highest BCUT2D eigenvalue weighted by Crippen LogP contribution is 2.41. The molecule has 2 N–H and O–H groups in total. The predicted molar refractivity (Wildman–Crippen MR) is 47.4 cm³/mol. The van der Waals surface area contributed by atoms with Crippen LogP contribution in [0.25, 0.3) is 0 Å². The maximum absolute atomic E-state index is 5.05. The minimum absolute atomic E-state index is 0.534. The first kappa shape index (κ1) is 7.77. The quantitative estimate of drug-likeness (QED) is 0.691. The van der Waals surface area contributed by atoms with Crippen molar-refractivity contribution in [3.63, 3.8) is 0 Å². The highest BCUT2D eigenvalue weighted by molar-refractivity contribution is 5.32. The van der Waals surface area contributed by atoms with E-state index in [4.69, 9.17) is 5.90 Å². The van der Waals surface area contributed by atoms with Crippen molar-refractivity contribution in [2.45, 2.75) is 25.4 Å². The van der Waals surface area contributed by atoms with Crippen LogP contribution in [0.3, 0.4) is 0 Å². The molecule has 0 heterocycles. The average molecular weight is 163 g/mol. The molecule has 2 nitrogen and oxygen atoms in total. The molecule has 1 saturated carbocycles. The fraction of sp³-hybridized carbons (Fsp3) is 0.400. The number of hydrogen-bond acceptors (Lipinski definition) is 2. The number of hydrogen-bond donors (Lipinski definition) is 1. The van der Waals surface area contributed by atoms with Crippen LogP contribution in [-0.4, -0.2) is 0 Å². The molecule has 0 saturated heterocycles. The van der Waals surface area contributed by atoms with Crippen molar-refractivity contribution in [1.29, 1.82) is 0 Å². The molecule has 12 heavy (non-hydrogen) atoms. The van der Waals surface area contributed by atoms with Crippen molar-refractivity contribution in [1.82, 2.24) is 0 Å². The normalized spacial score (nSPS) is 16.4. The first-order valence-corrected chi connectivity index (χ1v) is 4.31. The summed E-state index contributed by atoms with van der Waals surface area (Å²) in [6, 6.07) is 8.36. The van der Waals surface area contributed by atoms with Gasteiger partial charge in [-0.2, -0.15) is 0 Å². The first-order valence-electron chi connectivity index (χ1n) is 4.31. The highest BCUT2D eigenvalue weighted by atomic mass is 16.6. The fourth-order valence-electron chi connectivity index (χ4n) is 1.55. The maximum Gasteiger partial charge on any atom is 0.0932 e. The molecule has 1 aliphatic carbocycles. The molecule has 1 aromatic rings. The molecule has 0 aromatic heterocycles. The van der Waals surface area contributed by atoms with Crippen LogP contribution in [0.5, 0.6) is 0 Å². The van der Waals surface area contributed by atoms with E-state index in [1.807, 2.05) is 6.07 Å². The Bertz CT molecular complexity index is 268. The summed E-state index contributed by atoms with van der Waals surface area (Å²) in [6.07, 6.45) is 2.64. The standard InChI is InChI=1S/C10H13NO/c11-12-7-9-3-1-2-4-10(9)8-5-6-8/h1-4,8H,5-7,11H2. The molecular formula is C10H13NO. The molecule has 1 fully saturated rings. The maximum atomic E-state index is 5.05. The lowest BCUT2D eigenvalue weighted by Crippen LogP contribution is -2.01. The Labute approximate surface area is 72.3 Å². The Morgan fingerprint density at radius 2 is 2.08 bits per heavy atom. The molecule has 0 unspecified atom stereocenters. The largest absolute Gasteiger partial charge is 0.300 e. The van der Waals surface area contributed by atoms with E-state index in [-0.39, 0.29) is 0 Å². The van der Waals surface area contributed by atoms with Gasteiger partial charge in [0.15, 0.2) is 0 Å². The first-order chi connectivity index (χ1) is 5.92. The van der Waals surface area contributed by atoms with E-state index in [2.05, 4.69) is 23.0 Å². The zero-order valence-corrected chi connectivity index (χ0v) is 6.99. The summed E-state index contributed by atoms with van der Waals surface area (Å²) >= 11 is 0. The molecule has 64 valence electrons. The van der Waals surface area contributed by atoms with Crippen molar-refractivity contribution in [2.75, 3.05) is 0 Å². The molecule has 0 bridgehead atoms. The summed E-state index contributed by atoms with van der Waals surface area (Å²) < 4.78 is 0. The van der Waals surface area contributed by atoms with Gasteiger partial charge in [0.25, 0.3) is 0 Å². The average Bonchev–Trinajstić information content (AvgIpc) is 2.89. The second-order valence-corrected chi connectivity index (χ2v) is 3.28. The number of rotatable bonds is 3. The molecule has 0 aliphatic heterocycles. The molecular weight excluding hydrogens is 150 g/mol. The van der Waals surface area contributed by atoms with Crippen molar-refractivity contribution < 1.29 is 4.84 Å². The van der Waals surface area contributed by atoms with Crippen molar-refractivity contribution in [3.8, 4) is 0 Å². The van der Waals surface area contributed by atoms with Crippen LogP contribution in [-0.2, 0) is 11.4 Å². The minimum atomic E-state index is 0.534. The Hall–Kier alpha value is -0.860. The van der Waals surface area contributed by atoms with Gasteiger partial charge in [-0.15, -0.1) is 0 Å². The molecule has 0 amide bonds. The van der Waals surface area contributed by atoms with Gasteiger partial charge >= 0.3 is 0 Å². The fourth-order valence-corrected chi connectivity index (χ4v) is 1.55. The van der Waals surface area contributed by atoms with E-state index < -0.39 is 0 Å². The third kappa shape index (κ3) is 1.49. The van der Waals surface area contributed by atoms with E-state index in [0.29, 0.717) is 6.61 Å². The molecule has 0 spiro atoms. The zero-order valence-electron chi connectivity index (χ0n) is 6.99. The molecule has 2 rings (SSSR count). The van der Waals surface area contributed by atoms with Crippen LogP contribution in [0.2, 0.25) is 0 Å². The van der Waals surface area contributed by atoms with E-state index in [0.717, 1.165) is 5.92 Å². The lowest BCUT2D eigenvalue weighted by molar-refractivity contribution is 0.123. The van der Waals surface area contributed by atoms with E-state index in [9.17, 15) is 0 Å². The van der Waals surface area contributed by atoms with E-state index >= 15 is 0 Å². The van der Waals surface area contributed by atoms with Crippen LogP contribution in [0.4, 0.5) is 0 Å². The van der Waals surface area contributed by atoms with Crippen molar-refractivity contribution >= 4 is 0 Å². The van der Waals surface area contributed by atoms with Crippen molar-refractivity contribution in [3.05, 3.63) is 35.4 Å². The Balaban J connectivity index is 2.24. The van der Waals surface area contributed by atoms with Crippen LogP contribution in [0, 0.1) is 0 Å². The van der Waals surface area contributed by atoms with E-state index in [1.165, 1.54) is 24.0 Å². The predicted octanol–water partition coefficient (Wildman–Crippen LogP) is 1.95. The van der Waals surface area contributed by atoms with Gasteiger partial charge in [0.1, 0.15) is 0 Å². The second kappa shape index (κ2) is 3.25. The third-order valence-electron chi connectivity index (χ3n) is 2.31. The smallest absolute Gasteiger partial charge is 0.0932 e. The molecule has 2 heteroatoms. The molecule has 1 aliphatic rings. The Kier molecular flexibility index (Phi) is 2.11. The van der Waals surface area contributed by atoms with Crippen molar-refractivity contribution in [2.24, 2.45) is 5.90 Å². The summed E-state index contributed by atoms with van der Waals surface area (Å²) in [6.45, 7) is 0.534. The summed E-state index contributed by atoms with van der Waals surface area (Å²) in [5, 5.41) is 0. The monoisotopic (exact) mass is 163 g/mol. The van der Waals surface area contributed by atoms with Gasteiger partial charge in [-0.25, -0.2) is 5.90 Å². The summed E-state index contributed by atoms with van der Waals surface area (Å²) in [5.41, 5.74) is 2.66. The number of benzene rings is 1. The van der Waals surface area contributed by atoms with Crippen LogP contribution in [0.15, 0.2) is 24.3 Å². The minimum Gasteiger partial charge on any atom is -0.300 e. The highest BCUT2D eigenvalue weighted by Gasteiger charge is 2.25. The summed E-state index contributed by atoms with van der Waals surface area (Å²) in [7, 11) is 0. The van der Waals surface area contributed by atoms with Gasteiger partial charge in [-0.1, -0.05) is 24.3 Å². The van der Waals surface area contributed by atoms with Crippen LogP contribution in [0.1, 0.15) is 29.9 Å². The summed E-state index contributed by atoms with van der Waals surface area (Å²) in [5.74, 6) is 5.82. The molecule has 1 aromatic carbocycles. The second-order valence-electron chi connectivity index (χ2n) is 3.28. The SMILES string of the molecule is NOCc1ccccc1C1CC1. The van der Waals surface area contributed by atoms with Gasteiger partial charge in [0, 0.05) is 0 Å².